The first-order chi connectivity index (χ1) is 22.3. The predicted octanol–water partition coefficient (Wildman–Crippen LogP) is 10.4. The van der Waals surface area contributed by atoms with E-state index in [0.29, 0.717) is 41.8 Å². The highest BCUT2D eigenvalue weighted by Crippen LogP contribution is 2.47. The van der Waals surface area contributed by atoms with E-state index < -0.39 is 5.41 Å². The van der Waals surface area contributed by atoms with Crippen molar-refractivity contribution in [3.63, 3.8) is 0 Å². The van der Waals surface area contributed by atoms with Crippen LogP contribution in [0.15, 0.2) is 36.4 Å². The van der Waals surface area contributed by atoms with Crippen LogP contribution in [0.5, 0.6) is 23.0 Å². The van der Waals surface area contributed by atoms with Crippen LogP contribution in [-0.2, 0) is 9.53 Å². The lowest BCUT2D eigenvalue weighted by Gasteiger charge is -2.43. The number of ether oxygens (including phenoxy) is 5. The number of fused-ring (bicyclic) bond motifs is 1. The number of allylic oxidation sites excluding steroid dienone is 1. The average molecular weight is 648 g/mol. The van der Waals surface area contributed by atoms with E-state index >= 15 is 0 Å². The fourth-order valence-electron chi connectivity index (χ4n) is 5.96. The maximum absolute atomic E-state index is 13.1. The summed E-state index contributed by atoms with van der Waals surface area (Å²) in [5.74, 6) is 2.62. The zero-order chi connectivity index (χ0) is 34.5. The summed E-state index contributed by atoms with van der Waals surface area (Å²) in [5, 5.41) is 9.82. The first kappa shape index (κ1) is 37.8. The number of nitriles is 1. The smallest absolute Gasteiger partial charge is 0.312 e. The van der Waals surface area contributed by atoms with Gasteiger partial charge in [-0.2, -0.15) is 5.26 Å². The van der Waals surface area contributed by atoms with Crippen LogP contribution >= 0.6 is 0 Å². The molecule has 1 heterocycles. The molecule has 0 spiro atoms. The number of esters is 1. The predicted molar refractivity (Wildman–Crippen MR) is 189 cm³/mol. The summed E-state index contributed by atoms with van der Waals surface area (Å²) >= 11 is 0. The molecule has 258 valence electrons. The van der Waals surface area contributed by atoms with Crippen LogP contribution in [0.1, 0.15) is 124 Å². The minimum absolute atomic E-state index is 0.0570. The Balaban J connectivity index is 1.29. The van der Waals surface area contributed by atoms with Crippen molar-refractivity contribution in [2.75, 3.05) is 27.1 Å². The standard InChI is InChI=1S/C40H57NO6/c1-38(2,3)28-40(7,39(4,5)6)37(42)45-23-17-15-13-11-9-10-12-14-16-22-44-33-21-19-31(26-35(33)43-8)32(27-41)24-30-18-20-34-36(25-30)47-29-46-34/h18-21,24-26H,9-17,22-23,28-29H2,1-8H3/b32-24+. The topological polar surface area (TPSA) is 87.0 Å². The second-order valence-electron chi connectivity index (χ2n) is 15.1. The van der Waals surface area contributed by atoms with Gasteiger partial charge in [0.25, 0.3) is 0 Å². The average Bonchev–Trinajstić information content (AvgIpc) is 3.48. The maximum Gasteiger partial charge on any atom is 0.312 e. The zero-order valence-electron chi connectivity index (χ0n) is 30.1. The molecule has 0 N–H and O–H groups in total. The van der Waals surface area contributed by atoms with E-state index in [2.05, 4.69) is 54.5 Å². The van der Waals surface area contributed by atoms with Crippen molar-refractivity contribution in [3.8, 4) is 29.1 Å². The zero-order valence-corrected chi connectivity index (χ0v) is 30.1. The van der Waals surface area contributed by atoms with Crippen molar-refractivity contribution in [2.45, 2.75) is 113 Å². The van der Waals surface area contributed by atoms with Gasteiger partial charge in [0.2, 0.25) is 6.79 Å². The maximum atomic E-state index is 13.1. The van der Waals surface area contributed by atoms with E-state index in [1.807, 2.05) is 42.5 Å². The molecule has 0 aliphatic carbocycles. The van der Waals surface area contributed by atoms with E-state index in [-0.39, 0.29) is 23.6 Å². The molecule has 1 unspecified atom stereocenters. The molecular weight excluding hydrogens is 590 g/mol. The Hall–Kier alpha value is -3.66. The molecule has 1 aliphatic heterocycles. The normalized spacial score (nSPS) is 14.3. The lowest BCUT2D eigenvalue weighted by molar-refractivity contribution is -0.164. The minimum Gasteiger partial charge on any atom is -0.493 e. The SMILES string of the molecule is COc1cc(/C(C#N)=C/c2ccc3c(c2)OCO3)ccc1OCCCCCCCCCCCOC(=O)C(C)(CC(C)(C)C)C(C)(C)C. The summed E-state index contributed by atoms with van der Waals surface area (Å²) in [6.45, 7) is 16.4. The number of carbonyl (C=O) groups excluding carboxylic acids is 1. The van der Waals surface area contributed by atoms with Gasteiger partial charge in [-0.25, -0.2) is 0 Å². The van der Waals surface area contributed by atoms with Crippen LogP contribution in [-0.4, -0.2) is 33.1 Å². The Morgan fingerprint density at radius 1 is 0.809 bits per heavy atom. The summed E-state index contributed by atoms with van der Waals surface area (Å²) in [4.78, 5) is 13.1. The van der Waals surface area contributed by atoms with Crippen LogP contribution in [0, 0.1) is 27.6 Å². The first-order valence-corrected chi connectivity index (χ1v) is 17.3. The molecule has 47 heavy (non-hydrogen) atoms. The lowest BCUT2D eigenvalue weighted by atomic mass is 9.61. The van der Waals surface area contributed by atoms with Gasteiger partial charge in [-0.1, -0.05) is 92.6 Å². The second kappa shape index (κ2) is 17.5. The monoisotopic (exact) mass is 647 g/mol. The Labute approximate surface area is 283 Å². The molecule has 2 aromatic carbocycles. The molecule has 1 aliphatic rings. The summed E-state index contributed by atoms with van der Waals surface area (Å²) < 4.78 is 28.2. The van der Waals surface area contributed by atoms with Gasteiger partial charge in [0.1, 0.15) is 0 Å². The summed E-state index contributed by atoms with van der Waals surface area (Å²) in [6, 6.07) is 13.5. The number of methoxy groups -OCH3 is 1. The molecule has 1 atom stereocenters. The Morgan fingerprint density at radius 3 is 2.02 bits per heavy atom. The molecule has 0 saturated carbocycles. The molecule has 0 saturated heterocycles. The van der Waals surface area contributed by atoms with Gasteiger partial charge in [0.05, 0.1) is 37.4 Å². The fraction of sp³-hybridized carbons (Fsp3) is 0.600. The van der Waals surface area contributed by atoms with Crippen LogP contribution in [0.4, 0.5) is 0 Å². The Morgan fingerprint density at radius 2 is 1.43 bits per heavy atom. The quantitative estimate of drug-likeness (QED) is 0.0688. The van der Waals surface area contributed by atoms with Crippen LogP contribution in [0.25, 0.3) is 11.6 Å². The van der Waals surface area contributed by atoms with Crippen LogP contribution in [0.2, 0.25) is 0 Å². The lowest BCUT2D eigenvalue weighted by Crippen LogP contribution is -2.44. The number of carbonyl (C=O) groups is 1. The van der Waals surface area contributed by atoms with Crippen LogP contribution < -0.4 is 18.9 Å². The van der Waals surface area contributed by atoms with Crippen molar-refractivity contribution < 1.29 is 28.5 Å². The van der Waals surface area contributed by atoms with Gasteiger partial charge in [0, 0.05) is 0 Å². The minimum atomic E-state index is -0.497. The number of nitrogens with zero attached hydrogens (tertiary/aromatic N) is 1. The van der Waals surface area contributed by atoms with Gasteiger partial charge < -0.3 is 23.7 Å². The van der Waals surface area contributed by atoms with Crippen molar-refractivity contribution in [2.24, 2.45) is 16.2 Å². The van der Waals surface area contributed by atoms with Gasteiger partial charge >= 0.3 is 5.97 Å². The van der Waals surface area contributed by atoms with Crippen molar-refractivity contribution in [3.05, 3.63) is 47.5 Å². The van der Waals surface area contributed by atoms with Gasteiger partial charge in [0.15, 0.2) is 23.0 Å². The Bertz CT molecular complexity index is 1380. The summed E-state index contributed by atoms with van der Waals surface area (Å²) in [7, 11) is 1.61. The molecule has 3 rings (SSSR count). The number of rotatable bonds is 18. The van der Waals surface area contributed by atoms with Crippen LogP contribution in [0.3, 0.4) is 0 Å². The van der Waals surface area contributed by atoms with Crippen molar-refractivity contribution in [1.82, 2.24) is 0 Å². The van der Waals surface area contributed by atoms with E-state index in [1.54, 1.807) is 7.11 Å². The third kappa shape index (κ3) is 11.5. The highest BCUT2D eigenvalue weighted by molar-refractivity contribution is 5.90. The van der Waals surface area contributed by atoms with Crippen molar-refractivity contribution >= 4 is 17.6 Å². The largest absolute Gasteiger partial charge is 0.493 e. The molecule has 7 heteroatoms. The number of unbranched alkanes of at least 4 members (excludes halogenated alkanes) is 8. The summed E-state index contributed by atoms with van der Waals surface area (Å²) in [5.41, 5.74) is 1.55. The number of hydrogen-bond acceptors (Lipinski definition) is 7. The molecule has 0 fully saturated rings. The molecule has 7 nitrogen and oxygen atoms in total. The van der Waals surface area contributed by atoms with E-state index in [9.17, 15) is 10.1 Å². The molecule has 0 radical (unpaired) electrons. The number of benzene rings is 2. The first-order valence-electron chi connectivity index (χ1n) is 17.3. The highest BCUT2D eigenvalue weighted by Gasteiger charge is 2.47. The van der Waals surface area contributed by atoms with E-state index in [4.69, 9.17) is 23.7 Å². The fourth-order valence-corrected chi connectivity index (χ4v) is 5.96. The third-order valence-electron chi connectivity index (χ3n) is 9.07. The molecular formula is C40H57NO6. The van der Waals surface area contributed by atoms with Crippen molar-refractivity contribution in [1.29, 1.82) is 5.26 Å². The van der Waals surface area contributed by atoms with Gasteiger partial charge in [-0.15, -0.1) is 0 Å². The van der Waals surface area contributed by atoms with E-state index in [0.717, 1.165) is 43.2 Å². The Kier molecular flexibility index (Phi) is 14.1. The van der Waals surface area contributed by atoms with E-state index in [1.165, 1.54) is 32.1 Å². The molecule has 0 bridgehead atoms. The second-order valence-corrected chi connectivity index (χ2v) is 15.1. The number of hydrogen-bond donors (Lipinski definition) is 0. The molecule has 0 aromatic heterocycles. The molecule has 0 amide bonds. The van der Waals surface area contributed by atoms with Gasteiger partial charge in [-0.3, -0.25) is 4.79 Å². The molecule has 2 aromatic rings. The van der Waals surface area contributed by atoms with Gasteiger partial charge in [-0.05, 0) is 84.6 Å². The third-order valence-corrected chi connectivity index (χ3v) is 9.07. The highest BCUT2D eigenvalue weighted by atomic mass is 16.7. The summed E-state index contributed by atoms with van der Waals surface area (Å²) in [6.07, 6.45) is 12.8.